The Bertz CT molecular complexity index is 730. The fraction of sp³-hybridized carbons (Fsp3) is 0.312. The van der Waals surface area contributed by atoms with Crippen LogP contribution in [0, 0.1) is 11.7 Å². The van der Waals surface area contributed by atoms with Gasteiger partial charge in [-0.2, -0.15) is 0 Å². The Morgan fingerprint density at radius 3 is 2.70 bits per heavy atom. The number of hydrogen-bond acceptors (Lipinski definition) is 4. The van der Waals surface area contributed by atoms with E-state index in [2.05, 4.69) is 15.6 Å². The van der Waals surface area contributed by atoms with Crippen LogP contribution in [0.25, 0.3) is 11.3 Å². The minimum absolute atomic E-state index is 0.101. The second kappa shape index (κ2) is 7.32. The van der Waals surface area contributed by atoms with Crippen LogP contribution in [0.3, 0.4) is 0 Å². The van der Waals surface area contributed by atoms with Gasteiger partial charge < -0.3 is 10.6 Å². The van der Waals surface area contributed by atoms with Crippen molar-refractivity contribution in [2.24, 2.45) is 5.92 Å². The van der Waals surface area contributed by atoms with E-state index in [1.807, 2.05) is 13.8 Å². The Morgan fingerprint density at radius 1 is 1.35 bits per heavy atom. The zero-order valence-electron chi connectivity index (χ0n) is 13.1. The molecule has 0 spiro atoms. The van der Waals surface area contributed by atoms with E-state index in [9.17, 15) is 14.0 Å². The maximum Gasteiger partial charge on any atom is 0.228 e. The van der Waals surface area contributed by atoms with Gasteiger partial charge in [-0.15, -0.1) is 11.3 Å². The van der Waals surface area contributed by atoms with Crippen molar-refractivity contribution >= 4 is 34.0 Å². The molecule has 0 aliphatic heterocycles. The van der Waals surface area contributed by atoms with Crippen LogP contribution in [0.5, 0.6) is 0 Å². The SMILES string of the molecule is CC[C@@H](C)C(=O)Nc1nc(-c2ccc(NC(C)=O)cc2F)cs1. The summed E-state index contributed by atoms with van der Waals surface area (Å²) in [6.07, 6.45) is 0.739. The third-order valence-corrected chi connectivity index (χ3v) is 4.12. The number of rotatable bonds is 5. The van der Waals surface area contributed by atoms with Crippen molar-refractivity contribution < 1.29 is 14.0 Å². The standard InChI is InChI=1S/C16H18FN3O2S/c1-4-9(2)15(22)20-16-19-14(8-23-16)12-6-5-11(7-13(12)17)18-10(3)21/h5-9H,4H2,1-3H3,(H,18,21)(H,19,20,22)/t9-/m1/s1. The highest BCUT2D eigenvalue weighted by atomic mass is 32.1. The molecule has 0 saturated heterocycles. The van der Waals surface area contributed by atoms with Crippen molar-refractivity contribution in [2.45, 2.75) is 27.2 Å². The first-order valence-electron chi connectivity index (χ1n) is 7.24. The van der Waals surface area contributed by atoms with Crippen LogP contribution >= 0.6 is 11.3 Å². The molecule has 0 aliphatic carbocycles. The topological polar surface area (TPSA) is 71.1 Å². The lowest BCUT2D eigenvalue weighted by Crippen LogP contribution is -2.19. The van der Waals surface area contributed by atoms with E-state index < -0.39 is 5.82 Å². The maximum absolute atomic E-state index is 14.2. The quantitative estimate of drug-likeness (QED) is 0.871. The number of carbonyl (C=O) groups excluding carboxylic acids is 2. The summed E-state index contributed by atoms with van der Waals surface area (Å²) >= 11 is 1.24. The highest BCUT2D eigenvalue weighted by Crippen LogP contribution is 2.29. The van der Waals surface area contributed by atoms with Crippen LogP contribution in [0.15, 0.2) is 23.6 Å². The van der Waals surface area contributed by atoms with E-state index in [0.717, 1.165) is 6.42 Å². The summed E-state index contributed by atoms with van der Waals surface area (Å²) in [4.78, 5) is 27.1. The Hall–Kier alpha value is -2.28. The van der Waals surface area contributed by atoms with Crippen molar-refractivity contribution in [1.82, 2.24) is 4.98 Å². The molecule has 2 rings (SSSR count). The van der Waals surface area contributed by atoms with Gasteiger partial charge in [0.2, 0.25) is 11.8 Å². The molecule has 0 bridgehead atoms. The van der Waals surface area contributed by atoms with Gasteiger partial charge in [-0.1, -0.05) is 13.8 Å². The number of halogens is 1. The fourth-order valence-corrected chi connectivity index (χ4v) is 2.59. The molecular weight excluding hydrogens is 317 g/mol. The van der Waals surface area contributed by atoms with Crippen LogP contribution in [0.1, 0.15) is 27.2 Å². The minimum Gasteiger partial charge on any atom is -0.326 e. The molecule has 0 aliphatic rings. The average Bonchev–Trinajstić information content (AvgIpc) is 2.94. The number of carbonyl (C=O) groups is 2. The van der Waals surface area contributed by atoms with Crippen LogP contribution < -0.4 is 10.6 Å². The zero-order chi connectivity index (χ0) is 17.0. The molecule has 0 unspecified atom stereocenters. The summed E-state index contributed by atoms with van der Waals surface area (Å²) in [5, 5.41) is 7.37. The predicted molar refractivity (Wildman–Crippen MR) is 89.9 cm³/mol. The number of nitrogens with one attached hydrogen (secondary N) is 2. The van der Waals surface area contributed by atoms with Gasteiger partial charge >= 0.3 is 0 Å². The molecule has 1 heterocycles. The van der Waals surface area contributed by atoms with Gasteiger partial charge in [-0.3, -0.25) is 9.59 Å². The van der Waals surface area contributed by atoms with E-state index in [1.165, 1.54) is 24.3 Å². The number of benzene rings is 1. The van der Waals surface area contributed by atoms with Crippen molar-refractivity contribution in [2.75, 3.05) is 10.6 Å². The molecule has 2 amide bonds. The highest BCUT2D eigenvalue weighted by molar-refractivity contribution is 7.14. The number of aromatic nitrogens is 1. The molecule has 0 radical (unpaired) electrons. The van der Waals surface area contributed by atoms with E-state index >= 15 is 0 Å². The number of amides is 2. The predicted octanol–water partition coefficient (Wildman–Crippen LogP) is 3.89. The molecule has 0 fully saturated rings. The number of thiazole rings is 1. The molecule has 0 saturated carbocycles. The summed E-state index contributed by atoms with van der Waals surface area (Å²) in [7, 11) is 0. The summed E-state index contributed by atoms with van der Waals surface area (Å²) in [5.74, 6) is -0.951. The van der Waals surface area contributed by atoms with E-state index in [0.29, 0.717) is 22.1 Å². The fourth-order valence-electron chi connectivity index (χ4n) is 1.87. The first-order chi connectivity index (χ1) is 10.9. The highest BCUT2D eigenvalue weighted by Gasteiger charge is 2.15. The smallest absolute Gasteiger partial charge is 0.228 e. The van der Waals surface area contributed by atoms with Gasteiger partial charge in [0.05, 0.1) is 5.69 Å². The van der Waals surface area contributed by atoms with Crippen molar-refractivity contribution in [3.63, 3.8) is 0 Å². The molecule has 1 aromatic carbocycles. The van der Waals surface area contributed by atoms with Crippen molar-refractivity contribution in [3.05, 3.63) is 29.4 Å². The third kappa shape index (κ3) is 4.35. The third-order valence-electron chi connectivity index (χ3n) is 3.36. The van der Waals surface area contributed by atoms with Gasteiger partial charge in [0.25, 0.3) is 0 Å². The first kappa shape index (κ1) is 17.1. The number of anilines is 2. The second-order valence-electron chi connectivity index (χ2n) is 5.21. The molecule has 122 valence electrons. The largest absolute Gasteiger partial charge is 0.326 e. The van der Waals surface area contributed by atoms with Crippen LogP contribution in [-0.2, 0) is 9.59 Å². The number of nitrogens with zero attached hydrogens (tertiary/aromatic N) is 1. The number of hydrogen-bond donors (Lipinski definition) is 2. The molecule has 2 aromatic rings. The van der Waals surface area contributed by atoms with E-state index in [-0.39, 0.29) is 17.7 Å². The Labute approximate surface area is 137 Å². The Balaban J connectivity index is 2.17. The summed E-state index contributed by atoms with van der Waals surface area (Å²) in [5.41, 5.74) is 1.15. The maximum atomic E-state index is 14.2. The summed E-state index contributed by atoms with van der Waals surface area (Å²) < 4.78 is 14.2. The lowest BCUT2D eigenvalue weighted by atomic mass is 10.1. The molecular formula is C16H18FN3O2S. The van der Waals surface area contributed by atoms with Crippen LogP contribution in [0.4, 0.5) is 15.2 Å². The summed E-state index contributed by atoms with van der Waals surface area (Å²) in [6.45, 7) is 5.13. The van der Waals surface area contributed by atoms with Gasteiger partial charge in [0.1, 0.15) is 5.82 Å². The second-order valence-corrected chi connectivity index (χ2v) is 6.07. The van der Waals surface area contributed by atoms with Crippen molar-refractivity contribution in [3.8, 4) is 11.3 Å². The molecule has 2 N–H and O–H groups in total. The molecule has 5 nitrogen and oxygen atoms in total. The van der Waals surface area contributed by atoms with Gasteiger partial charge in [-0.25, -0.2) is 9.37 Å². The minimum atomic E-state index is -0.485. The van der Waals surface area contributed by atoms with Crippen LogP contribution in [-0.4, -0.2) is 16.8 Å². The first-order valence-corrected chi connectivity index (χ1v) is 8.12. The Morgan fingerprint density at radius 2 is 2.09 bits per heavy atom. The van der Waals surface area contributed by atoms with E-state index in [1.54, 1.807) is 17.5 Å². The molecule has 1 atom stereocenters. The van der Waals surface area contributed by atoms with Gasteiger partial charge in [0, 0.05) is 29.5 Å². The average molecular weight is 335 g/mol. The lowest BCUT2D eigenvalue weighted by molar-refractivity contribution is -0.119. The molecule has 7 heteroatoms. The molecule has 23 heavy (non-hydrogen) atoms. The van der Waals surface area contributed by atoms with Crippen molar-refractivity contribution in [1.29, 1.82) is 0 Å². The summed E-state index contributed by atoms with van der Waals surface area (Å²) in [6, 6.07) is 4.40. The van der Waals surface area contributed by atoms with Gasteiger partial charge in [0.15, 0.2) is 5.13 Å². The van der Waals surface area contributed by atoms with Gasteiger partial charge in [-0.05, 0) is 24.6 Å². The normalized spacial score (nSPS) is 11.8. The monoisotopic (exact) mass is 335 g/mol. The lowest BCUT2D eigenvalue weighted by Gasteiger charge is -2.07. The van der Waals surface area contributed by atoms with E-state index in [4.69, 9.17) is 0 Å². The van der Waals surface area contributed by atoms with Crippen LogP contribution in [0.2, 0.25) is 0 Å². The Kier molecular flexibility index (Phi) is 5.44. The zero-order valence-corrected chi connectivity index (χ0v) is 14.0. The molecule has 1 aromatic heterocycles.